The second-order valence-electron chi connectivity index (χ2n) is 13.0. The first kappa shape index (κ1) is 29.4. The zero-order valence-electron chi connectivity index (χ0n) is 24.2. The molecular formula is C26H46O10Si. The summed E-state index contributed by atoms with van der Waals surface area (Å²) in [5.74, 6) is -1.92. The van der Waals surface area contributed by atoms with Crippen LogP contribution in [0, 0.1) is 0 Å². The Morgan fingerprint density at radius 3 is 2.16 bits per heavy atom. The van der Waals surface area contributed by atoms with Crippen LogP contribution in [0.15, 0.2) is 0 Å². The highest BCUT2D eigenvalue weighted by Crippen LogP contribution is 2.44. The Hall–Kier alpha value is -0.633. The molecule has 0 aliphatic carbocycles. The van der Waals surface area contributed by atoms with E-state index in [1.54, 1.807) is 0 Å². The number of rotatable bonds is 6. The second kappa shape index (κ2) is 10.1. The molecule has 4 rings (SSSR count). The van der Waals surface area contributed by atoms with E-state index in [-0.39, 0.29) is 35.9 Å². The summed E-state index contributed by atoms with van der Waals surface area (Å²) in [4.78, 5) is 11.9. The smallest absolute Gasteiger partial charge is 0.303 e. The van der Waals surface area contributed by atoms with Gasteiger partial charge in [-0.2, -0.15) is 0 Å². The van der Waals surface area contributed by atoms with Gasteiger partial charge in [0.2, 0.25) is 0 Å². The lowest BCUT2D eigenvalue weighted by molar-refractivity contribution is -0.280. The Kier molecular flexibility index (Phi) is 8.00. The zero-order valence-corrected chi connectivity index (χ0v) is 25.2. The molecule has 0 bridgehead atoms. The molecular weight excluding hydrogens is 500 g/mol. The number of carbonyl (C=O) groups is 1. The number of hydrogen-bond acceptors (Lipinski definition) is 10. The lowest BCUT2D eigenvalue weighted by Crippen LogP contribution is -2.58. The summed E-state index contributed by atoms with van der Waals surface area (Å²) < 4.78 is 55.5. The summed E-state index contributed by atoms with van der Waals surface area (Å²) in [6.45, 7) is 21.9. The van der Waals surface area contributed by atoms with Crippen molar-refractivity contribution in [3.63, 3.8) is 0 Å². The Morgan fingerprint density at radius 2 is 1.54 bits per heavy atom. The number of ether oxygens (including phenoxy) is 8. The molecule has 0 saturated carbocycles. The van der Waals surface area contributed by atoms with Crippen LogP contribution >= 0.6 is 0 Å². The average Bonchev–Trinajstić information content (AvgIpc) is 3.21. The Bertz CT molecular complexity index is 840. The highest BCUT2D eigenvalue weighted by molar-refractivity contribution is 6.74. The van der Waals surface area contributed by atoms with Crippen LogP contribution in [0.1, 0.15) is 68.7 Å². The van der Waals surface area contributed by atoms with Crippen molar-refractivity contribution in [3.05, 3.63) is 0 Å². The summed E-state index contributed by atoms with van der Waals surface area (Å²) in [5.41, 5.74) is 0. The Morgan fingerprint density at radius 1 is 0.946 bits per heavy atom. The molecule has 4 heterocycles. The molecule has 0 N–H and O–H groups in total. The second-order valence-corrected chi connectivity index (χ2v) is 17.8. The summed E-state index contributed by atoms with van der Waals surface area (Å²) in [7, 11) is -2.16. The largest absolute Gasteiger partial charge is 0.457 e. The lowest BCUT2D eigenvalue weighted by atomic mass is 9.99. The van der Waals surface area contributed by atoms with Crippen molar-refractivity contribution in [2.75, 3.05) is 6.61 Å². The third kappa shape index (κ3) is 6.41. The third-order valence-electron chi connectivity index (χ3n) is 7.87. The minimum absolute atomic E-state index is 0.00307. The molecule has 37 heavy (non-hydrogen) atoms. The van der Waals surface area contributed by atoms with Crippen LogP contribution in [-0.4, -0.2) is 87.8 Å². The third-order valence-corrected chi connectivity index (χ3v) is 12.4. The van der Waals surface area contributed by atoms with Crippen LogP contribution in [0.25, 0.3) is 0 Å². The minimum Gasteiger partial charge on any atom is -0.457 e. The normalized spacial score (nSPS) is 41.2. The van der Waals surface area contributed by atoms with E-state index in [4.69, 9.17) is 42.3 Å². The first-order valence-electron chi connectivity index (χ1n) is 13.4. The van der Waals surface area contributed by atoms with Gasteiger partial charge in [0.1, 0.15) is 24.4 Å². The average molecular weight is 547 g/mol. The van der Waals surface area contributed by atoms with Crippen LogP contribution in [-0.2, 0) is 47.1 Å². The zero-order chi connectivity index (χ0) is 27.6. The van der Waals surface area contributed by atoms with Gasteiger partial charge in [0.25, 0.3) is 0 Å². The van der Waals surface area contributed by atoms with Gasteiger partial charge in [-0.15, -0.1) is 0 Å². The van der Waals surface area contributed by atoms with E-state index in [0.29, 0.717) is 6.42 Å². The van der Waals surface area contributed by atoms with Crippen molar-refractivity contribution in [2.24, 2.45) is 0 Å². The SMILES string of the molecule is CC(=O)O[C@H]1[C@H](C)O[C@@H](OC[C@H]2O[C@@H]3OC(C)(C)O[C@@H]3[C@H]3OC(C)(C)O[C@H]32)C[C@@H]1O[Si](C)(C)C(C)(C)C. The van der Waals surface area contributed by atoms with E-state index in [1.807, 2.05) is 34.6 Å². The lowest BCUT2D eigenvalue weighted by Gasteiger charge is -2.46. The molecule has 0 amide bonds. The van der Waals surface area contributed by atoms with Crippen molar-refractivity contribution in [1.29, 1.82) is 0 Å². The van der Waals surface area contributed by atoms with Crippen LogP contribution in [0.4, 0.5) is 0 Å². The van der Waals surface area contributed by atoms with Crippen LogP contribution < -0.4 is 0 Å². The molecule has 4 saturated heterocycles. The highest BCUT2D eigenvalue weighted by atomic mass is 28.4. The fourth-order valence-electron chi connectivity index (χ4n) is 5.17. The quantitative estimate of drug-likeness (QED) is 0.361. The van der Waals surface area contributed by atoms with E-state index < -0.39 is 56.9 Å². The highest BCUT2D eigenvalue weighted by Gasteiger charge is 2.61. The van der Waals surface area contributed by atoms with Crippen LogP contribution in [0.3, 0.4) is 0 Å². The molecule has 0 unspecified atom stereocenters. The maximum absolute atomic E-state index is 11.9. The Labute approximate surface area is 222 Å². The van der Waals surface area contributed by atoms with E-state index in [9.17, 15) is 4.79 Å². The van der Waals surface area contributed by atoms with Gasteiger partial charge in [0, 0.05) is 13.3 Å². The standard InChI is InChI=1S/C26H46O10Si/c1-14-19(30-15(2)27)16(36-37(10,11)24(3,4)5)12-18(29-14)28-13-17-20-21(33-25(6,7)32-20)22-23(31-17)35-26(8,9)34-22/h14,16-23H,12-13H2,1-11H3/t14-,16-,17+,18+,19-,20-,21-,22+,23+/m0/s1. The summed E-state index contributed by atoms with van der Waals surface area (Å²) in [6, 6.07) is 0. The van der Waals surface area contributed by atoms with E-state index in [0.717, 1.165) is 0 Å². The summed E-state index contributed by atoms with van der Waals surface area (Å²) >= 11 is 0. The maximum atomic E-state index is 11.9. The van der Waals surface area contributed by atoms with Gasteiger partial charge >= 0.3 is 5.97 Å². The van der Waals surface area contributed by atoms with Gasteiger partial charge in [0.15, 0.2) is 38.6 Å². The van der Waals surface area contributed by atoms with Gasteiger partial charge in [-0.05, 0) is 52.8 Å². The molecule has 4 aliphatic heterocycles. The number of hydrogen-bond donors (Lipinski definition) is 0. The molecule has 0 aromatic carbocycles. The van der Waals surface area contributed by atoms with Gasteiger partial charge in [-0.3, -0.25) is 4.79 Å². The molecule has 10 nitrogen and oxygen atoms in total. The van der Waals surface area contributed by atoms with Crippen molar-refractivity contribution < 1.29 is 47.1 Å². The fraction of sp³-hybridized carbons (Fsp3) is 0.962. The van der Waals surface area contributed by atoms with Crippen molar-refractivity contribution >= 4 is 14.3 Å². The van der Waals surface area contributed by atoms with E-state index in [2.05, 4.69) is 33.9 Å². The van der Waals surface area contributed by atoms with E-state index in [1.165, 1.54) is 6.92 Å². The predicted molar refractivity (Wildman–Crippen MR) is 135 cm³/mol. The van der Waals surface area contributed by atoms with Crippen molar-refractivity contribution in [1.82, 2.24) is 0 Å². The number of esters is 1. The van der Waals surface area contributed by atoms with E-state index >= 15 is 0 Å². The predicted octanol–water partition coefficient (Wildman–Crippen LogP) is 3.86. The summed E-state index contributed by atoms with van der Waals surface area (Å²) in [5, 5.41) is -0.00307. The minimum atomic E-state index is -2.16. The molecule has 0 radical (unpaired) electrons. The Balaban J connectivity index is 1.46. The molecule has 0 spiro atoms. The molecule has 0 aromatic heterocycles. The van der Waals surface area contributed by atoms with Crippen LogP contribution in [0.5, 0.6) is 0 Å². The van der Waals surface area contributed by atoms with Crippen molar-refractivity contribution in [2.45, 2.75) is 154 Å². The van der Waals surface area contributed by atoms with Gasteiger partial charge in [0.05, 0.1) is 18.8 Å². The molecule has 0 aromatic rings. The van der Waals surface area contributed by atoms with Gasteiger partial charge in [-0.25, -0.2) is 0 Å². The maximum Gasteiger partial charge on any atom is 0.303 e. The topological polar surface area (TPSA) is 100 Å². The monoisotopic (exact) mass is 546 g/mol. The fourth-order valence-corrected chi connectivity index (χ4v) is 6.51. The first-order chi connectivity index (χ1) is 16.9. The van der Waals surface area contributed by atoms with Gasteiger partial charge < -0.3 is 42.3 Å². The number of carbonyl (C=O) groups excluding carboxylic acids is 1. The molecule has 11 heteroatoms. The molecule has 4 aliphatic rings. The van der Waals surface area contributed by atoms with Crippen molar-refractivity contribution in [3.8, 4) is 0 Å². The first-order valence-corrected chi connectivity index (χ1v) is 16.3. The van der Waals surface area contributed by atoms with Gasteiger partial charge in [-0.1, -0.05) is 20.8 Å². The molecule has 214 valence electrons. The number of fused-ring (bicyclic) bond motifs is 3. The summed E-state index contributed by atoms with van der Waals surface area (Å²) in [6.07, 6.45) is -3.56. The molecule has 9 atom stereocenters. The van der Waals surface area contributed by atoms with Crippen LogP contribution in [0.2, 0.25) is 18.1 Å². The molecule has 4 fully saturated rings.